The fourth-order valence-electron chi connectivity index (χ4n) is 4.73. The van der Waals surface area contributed by atoms with Gasteiger partial charge in [-0.3, -0.25) is 14.5 Å². The van der Waals surface area contributed by atoms with Crippen LogP contribution in [0.2, 0.25) is 0 Å². The molecule has 1 amide bonds. The molecule has 0 saturated carbocycles. The molecule has 3 aromatic carbocycles. The summed E-state index contributed by atoms with van der Waals surface area (Å²) >= 11 is 2.75. The van der Waals surface area contributed by atoms with Gasteiger partial charge >= 0.3 is 5.91 Å². The highest BCUT2D eigenvalue weighted by Gasteiger charge is 2.48. The number of rotatable bonds is 13. The summed E-state index contributed by atoms with van der Waals surface area (Å²) in [4.78, 5) is 28.6. The number of anilines is 1. The minimum Gasteiger partial charge on any atom is -0.507 e. The van der Waals surface area contributed by atoms with Crippen LogP contribution in [0.25, 0.3) is 5.76 Å². The molecule has 4 aromatic rings. The van der Waals surface area contributed by atoms with E-state index in [0.717, 1.165) is 24.8 Å². The number of aromatic nitrogens is 2. The van der Waals surface area contributed by atoms with Crippen molar-refractivity contribution >= 4 is 45.7 Å². The lowest BCUT2D eigenvalue weighted by atomic mass is 9.95. The van der Waals surface area contributed by atoms with Crippen LogP contribution in [-0.4, -0.2) is 40.2 Å². The Morgan fingerprint density at radius 2 is 1.68 bits per heavy atom. The lowest BCUT2D eigenvalue weighted by molar-refractivity contribution is -0.132. The van der Waals surface area contributed by atoms with Crippen molar-refractivity contribution in [2.24, 2.45) is 0 Å². The number of carbonyl (C=O) groups excluding carboxylic acids is 2. The molecule has 1 saturated heterocycles. The molecule has 8 nitrogen and oxygen atoms in total. The van der Waals surface area contributed by atoms with Crippen molar-refractivity contribution in [3.05, 3.63) is 101 Å². The molecule has 44 heavy (non-hydrogen) atoms. The average molecular weight is 630 g/mol. The number of hydrogen-bond donors (Lipinski definition) is 1. The number of ketones is 1. The summed E-state index contributed by atoms with van der Waals surface area (Å²) in [6.45, 7) is 7.27. The summed E-state index contributed by atoms with van der Waals surface area (Å²) in [5.74, 6) is 0.121. The van der Waals surface area contributed by atoms with E-state index < -0.39 is 17.7 Å². The van der Waals surface area contributed by atoms with E-state index in [1.54, 1.807) is 24.3 Å². The number of amides is 1. The van der Waals surface area contributed by atoms with Crippen LogP contribution in [0.15, 0.2) is 82.7 Å². The molecule has 10 heteroatoms. The van der Waals surface area contributed by atoms with Crippen molar-refractivity contribution in [3.8, 4) is 11.5 Å². The molecule has 1 unspecified atom stereocenters. The number of Topliss-reactive ketones (excluding diaryl/α,β-unsaturated/α-hetero) is 1. The van der Waals surface area contributed by atoms with Gasteiger partial charge in [-0.05, 0) is 67.3 Å². The second kappa shape index (κ2) is 14.5. The van der Waals surface area contributed by atoms with Crippen LogP contribution in [0.4, 0.5) is 5.13 Å². The Bertz CT molecular complexity index is 1630. The molecule has 1 N–H and O–H groups in total. The second-order valence-corrected chi connectivity index (χ2v) is 12.6. The minimum absolute atomic E-state index is 0.0213. The maximum atomic E-state index is 13.6. The molecule has 1 fully saturated rings. The van der Waals surface area contributed by atoms with Crippen LogP contribution in [0.3, 0.4) is 0 Å². The molecule has 1 aliphatic rings. The van der Waals surface area contributed by atoms with Gasteiger partial charge in [0.15, 0.2) is 4.34 Å². The van der Waals surface area contributed by atoms with Gasteiger partial charge in [0.05, 0.1) is 24.8 Å². The molecule has 1 aromatic heterocycles. The number of aryl methyl sites for hydroxylation is 1. The molecular weight excluding hydrogens is 595 g/mol. The molecule has 2 heterocycles. The summed E-state index contributed by atoms with van der Waals surface area (Å²) in [7, 11) is 0. The number of nitrogens with zero attached hydrogens (tertiary/aromatic N) is 3. The number of aliphatic hydroxyl groups excluding tert-OH is 1. The molecule has 228 valence electrons. The van der Waals surface area contributed by atoms with Gasteiger partial charge < -0.3 is 14.6 Å². The van der Waals surface area contributed by atoms with E-state index in [-0.39, 0.29) is 16.5 Å². The average Bonchev–Trinajstić information content (AvgIpc) is 3.61. The summed E-state index contributed by atoms with van der Waals surface area (Å²) in [6, 6.07) is 21.5. The van der Waals surface area contributed by atoms with Crippen LogP contribution < -0.4 is 14.4 Å². The van der Waals surface area contributed by atoms with Crippen LogP contribution >= 0.6 is 23.1 Å². The normalized spacial score (nSPS) is 16.0. The van der Waals surface area contributed by atoms with Gasteiger partial charge in [-0.2, -0.15) is 0 Å². The van der Waals surface area contributed by atoms with Gasteiger partial charge in [-0.1, -0.05) is 85.3 Å². The third-order valence-corrected chi connectivity index (χ3v) is 9.20. The van der Waals surface area contributed by atoms with E-state index >= 15 is 0 Å². The van der Waals surface area contributed by atoms with E-state index in [2.05, 4.69) is 41.4 Å². The molecule has 0 aliphatic carbocycles. The van der Waals surface area contributed by atoms with E-state index in [4.69, 9.17) is 9.47 Å². The fourth-order valence-corrected chi connectivity index (χ4v) is 6.55. The molecule has 1 atom stereocenters. The summed E-state index contributed by atoms with van der Waals surface area (Å²) in [5.41, 5.74) is 3.33. The fraction of sp³-hybridized carbons (Fsp3) is 0.294. The van der Waals surface area contributed by atoms with E-state index in [1.165, 1.54) is 33.6 Å². The Balaban J connectivity index is 1.51. The minimum atomic E-state index is -0.927. The summed E-state index contributed by atoms with van der Waals surface area (Å²) in [6.07, 6.45) is 2.75. The molecular formula is C34H35N3O5S2. The zero-order chi connectivity index (χ0) is 31.1. The monoisotopic (exact) mass is 629 g/mol. The maximum Gasteiger partial charge on any atom is 0.301 e. The number of ether oxygens (including phenoxy) is 2. The van der Waals surface area contributed by atoms with Crippen molar-refractivity contribution in [2.75, 3.05) is 18.1 Å². The third kappa shape index (κ3) is 7.14. The zero-order valence-electron chi connectivity index (χ0n) is 25.0. The SMILES string of the molecule is CCCCOc1cccc(C2C(=C(O)c3ccc(OCCC)cc3)C(=O)C(=O)N2c2nnc(SCc3ccc(C)cc3)s2)c1. The predicted octanol–water partition coefficient (Wildman–Crippen LogP) is 7.73. The van der Waals surface area contributed by atoms with E-state index in [1.807, 2.05) is 38.1 Å². The van der Waals surface area contributed by atoms with Gasteiger partial charge in [0.25, 0.3) is 5.78 Å². The molecule has 0 radical (unpaired) electrons. The maximum absolute atomic E-state index is 13.6. The van der Waals surface area contributed by atoms with Gasteiger partial charge in [0.1, 0.15) is 17.3 Å². The Kier molecular flexibility index (Phi) is 10.3. The predicted molar refractivity (Wildman–Crippen MR) is 175 cm³/mol. The van der Waals surface area contributed by atoms with Crippen LogP contribution in [-0.2, 0) is 15.3 Å². The van der Waals surface area contributed by atoms with Crippen molar-refractivity contribution in [1.82, 2.24) is 10.2 Å². The van der Waals surface area contributed by atoms with Gasteiger partial charge in [-0.15, -0.1) is 10.2 Å². The quantitative estimate of drug-likeness (QED) is 0.0400. The van der Waals surface area contributed by atoms with Crippen molar-refractivity contribution < 1.29 is 24.2 Å². The smallest absolute Gasteiger partial charge is 0.301 e. The number of unbranched alkanes of at least 4 members (excludes halogenated alkanes) is 1. The Labute approximate surface area is 265 Å². The third-order valence-electron chi connectivity index (χ3n) is 7.07. The zero-order valence-corrected chi connectivity index (χ0v) is 26.6. The highest BCUT2D eigenvalue weighted by molar-refractivity contribution is 8.00. The first kappa shape index (κ1) is 31.3. The van der Waals surface area contributed by atoms with E-state index in [0.29, 0.717) is 45.9 Å². The lowest BCUT2D eigenvalue weighted by Crippen LogP contribution is -2.29. The number of benzene rings is 3. The highest BCUT2D eigenvalue weighted by Crippen LogP contribution is 2.44. The largest absolute Gasteiger partial charge is 0.507 e. The van der Waals surface area contributed by atoms with Gasteiger partial charge in [-0.25, -0.2) is 0 Å². The molecule has 1 aliphatic heterocycles. The molecule has 0 bridgehead atoms. The molecule has 0 spiro atoms. The number of thioether (sulfide) groups is 1. The Morgan fingerprint density at radius 3 is 2.41 bits per heavy atom. The number of hydrogen-bond acceptors (Lipinski definition) is 9. The van der Waals surface area contributed by atoms with E-state index in [9.17, 15) is 14.7 Å². The lowest BCUT2D eigenvalue weighted by Gasteiger charge is -2.23. The first-order valence-electron chi connectivity index (χ1n) is 14.7. The Hall–Kier alpha value is -4.15. The van der Waals surface area contributed by atoms with Crippen molar-refractivity contribution in [2.45, 2.75) is 56.2 Å². The first-order chi connectivity index (χ1) is 21.4. The summed E-state index contributed by atoms with van der Waals surface area (Å²) < 4.78 is 12.3. The topological polar surface area (TPSA) is 102 Å². The highest BCUT2D eigenvalue weighted by atomic mass is 32.2. The van der Waals surface area contributed by atoms with Crippen LogP contribution in [0.5, 0.6) is 11.5 Å². The number of carbonyl (C=O) groups is 2. The van der Waals surface area contributed by atoms with Crippen molar-refractivity contribution in [1.29, 1.82) is 0 Å². The summed E-state index contributed by atoms with van der Waals surface area (Å²) in [5, 5.41) is 20.4. The van der Waals surface area contributed by atoms with Gasteiger partial charge in [0, 0.05) is 11.3 Å². The van der Waals surface area contributed by atoms with Gasteiger partial charge in [0.2, 0.25) is 5.13 Å². The Morgan fingerprint density at radius 1 is 0.932 bits per heavy atom. The standard InChI is InChI=1S/C34H35N3O5S2/c1-4-6-19-42-27-9-7-8-25(20-27)29-28(30(38)24-14-16-26(17-15-24)41-18-5-2)31(39)32(40)37(29)33-35-36-34(44-33)43-21-23-12-10-22(3)11-13-23/h7-17,20,29,38H,4-6,18-19,21H2,1-3H3. The van der Waals surface area contributed by atoms with Crippen molar-refractivity contribution in [3.63, 3.8) is 0 Å². The molecule has 5 rings (SSSR count). The van der Waals surface area contributed by atoms with Crippen LogP contribution in [0, 0.1) is 6.92 Å². The second-order valence-electron chi connectivity index (χ2n) is 10.4. The first-order valence-corrected chi connectivity index (χ1v) is 16.5. The number of aliphatic hydroxyl groups is 1. The van der Waals surface area contributed by atoms with Crippen LogP contribution in [0.1, 0.15) is 61.4 Å².